The molecular weight excluding hydrogens is 498 g/mol. The van der Waals surface area contributed by atoms with Crippen molar-refractivity contribution in [1.82, 2.24) is 9.62 Å². The number of ether oxygens (including phenoxy) is 3. The Labute approximate surface area is 217 Å². The highest BCUT2D eigenvalue weighted by molar-refractivity contribution is 7.89. The van der Waals surface area contributed by atoms with E-state index in [2.05, 4.69) is 5.32 Å². The standard InChI is InChI=1S/C26H33N3O7S/c1-34-22-7-4-6-21(15-22)29-17-20(14-25(29)30)26(31)27-9-5-11-37(32,33)28-10-8-18-12-23(35-2)24(36-3)13-19(18)16-28/h4,6-7,12-13,15,20H,5,8-11,14,16-17H2,1-3H3,(H,27,31). The summed E-state index contributed by atoms with van der Waals surface area (Å²) in [5, 5.41) is 2.80. The summed E-state index contributed by atoms with van der Waals surface area (Å²) in [7, 11) is 1.18. The topological polar surface area (TPSA) is 114 Å². The van der Waals surface area contributed by atoms with E-state index in [4.69, 9.17) is 14.2 Å². The molecule has 1 atom stereocenters. The van der Waals surface area contributed by atoms with Gasteiger partial charge in [0.2, 0.25) is 21.8 Å². The van der Waals surface area contributed by atoms with Gasteiger partial charge in [0.25, 0.3) is 0 Å². The van der Waals surface area contributed by atoms with Gasteiger partial charge >= 0.3 is 0 Å². The second-order valence-electron chi connectivity index (χ2n) is 9.13. The van der Waals surface area contributed by atoms with E-state index in [1.54, 1.807) is 50.5 Å². The average molecular weight is 532 g/mol. The van der Waals surface area contributed by atoms with E-state index < -0.39 is 15.9 Å². The van der Waals surface area contributed by atoms with E-state index in [1.807, 2.05) is 12.1 Å². The molecule has 0 aliphatic carbocycles. The zero-order valence-corrected chi connectivity index (χ0v) is 22.2. The fraction of sp³-hybridized carbons (Fsp3) is 0.462. The molecule has 2 heterocycles. The lowest BCUT2D eigenvalue weighted by Gasteiger charge is -2.29. The van der Waals surface area contributed by atoms with Crippen LogP contribution in [0.3, 0.4) is 0 Å². The van der Waals surface area contributed by atoms with Crippen LogP contribution in [-0.2, 0) is 32.6 Å². The van der Waals surface area contributed by atoms with Crippen molar-refractivity contribution in [1.29, 1.82) is 0 Å². The molecule has 1 fully saturated rings. The molecule has 2 aliphatic rings. The predicted molar refractivity (Wildman–Crippen MR) is 139 cm³/mol. The lowest BCUT2D eigenvalue weighted by atomic mass is 10.0. The Kier molecular flexibility index (Phi) is 8.23. The molecule has 2 amide bonds. The third-order valence-corrected chi connectivity index (χ3v) is 8.72. The highest BCUT2D eigenvalue weighted by Crippen LogP contribution is 2.34. The second kappa shape index (κ2) is 11.4. The van der Waals surface area contributed by atoms with E-state index in [1.165, 1.54) is 4.31 Å². The third kappa shape index (κ3) is 5.99. The maximum Gasteiger partial charge on any atom is 0.227 e. The van der Waals surface area contributed by atoms with Gasteiger partial charge in [0, 0.05) is 44.4 Å². The number of methoxy groups -OCH3 is 3. The number of nitrogens with zero attached hydrogens (tertiary/aromatic N) is 2. The minimum Gasteiger partial charge on any atom is -0.497 e. The molecule has 37 heavy (non-hydrogen) atoms. The first kappa shape index (κ1) is 26.7. The van der Waals surface area contributed by atoms with Crippen molar-refractivity contribution in [2.24, 2.45) is 5.92 Å². The summed E-state index contributed by atoms with van der Waals surface area (Å²) >= 11 is 0. The maximum absolute atomic E-state index is 13.0. The predicted octanol–water partition coefficient (Wildman–Crippen LogP) is 1.96. The van der Waals surface area contributed by atoms with Gasteiger partial charge in [-0.1, -0.05) is 6.07 Å². The van der Waals surface area contributed by atoms with Crippen molar-refractivity contribution >= 4 is 27.5 Å². The summed E-state index contributed by atoms with van der Waals surface area (Å²) in [6.45, 7) is 1.16. The van der Waals surface area contributed by atoms with Gasteiger partial charge in [0.15, 0.2) is 11.5 Å². The number of hydrogen-bond acceptors (Lipinski definition) is 7. The van der Waals surface area contributed by atoms with Crippen LogP contribution in [0.5, 0.6) is 17.2 Å². The Morgan fingerprint density at radius 1 is 1.05 bits per heavy atom. The highest BCUT2D eigenvalue weighted by atomic mass is 32.2. The van der Waals surface area contributed by atoms with Gasteiger partial charge in [-0.05, 0) is 48.2 Å². The number of sulfonamides is 1. The summed E-state index contributed by atoms with van der Waals surface area (Å²) in [5.41, 5.74) is 2.63. The number of fused-ring (bicyclic) bond motifs is 1. The van der Waals surface area contributed by atoms with Crippen LogP contribution >= 0.6 is 0 Å². The molecule has 0 radical (unpaired) electrons. The van der Waals surface area contributed by atoms with Gasteiger partial charge in [0.05, 0.1) is 33.0 Å². The molecule has 0 saturated carbocycles. The summed E-state index contributed by atoms with van der Waals surface area (Å²) in [6, 6.07) is 10.9. The summed E-state index contributed by atoms with van der Waals surface area (Å²) in [5.74, 6) is 0.897. The molecule has 10 nitrogen and oxygen atoms in total. The van der Waals surface area contributed by atoms with Crippen LogP contribution < -0.4 is 24.4 Å². The van der Waals surface area contributed by atoms with Gasteiger partial charge in [-0.15, -0.1) is 0 Å². The summed E-state index contributed by atoms with van der Waals surface area (Å²) in [4.78, 5) is 26.7. The number of carbonyl (C=O) groups is 2. The summed E-state index contributed by atoms with van der Waals surface area (Å²) < 4.78 is 43.3. The maximum atomic E-state index is 13.0. The van der Waals surface area contributed by atoms with Gasteiger partial charge in [-0.2, -0.15) is 4.31 Å². The molecule has 1 unspecified atom stereocenters. The van der Waals surface area contributed by atoms with Gasteiger partial charge < -0.3 is 24.4 Å². The van der Waals surface area contributed by atoms with Gasteiger partial charge in [0.1, 0.15) is 5.75 Å². The summed E-state index contributed by atoms with van der Waals surface area (Å²) in [6.07, 6.45) is 0.984. The molecule has 0 bridgehead atoms. The quantitative estimate of drug-likeness (QED) is 0.466. The van der Waals surface area contributed by atoms with Crippen LogP contribution in [-0.4, -0.2) is 71.3 Å². The van der Waals surface area contributed by atoms with Crippen molar-refractivity contribution in [3.63, 3.8) is 0 Å². The zero-order valence-electron chi connectivity index (χ0n) is 21.4. The van der Waals surface area contributed by atoms with Crippen LogP contribution in [0.2, 0.25) is 0 Å². The van der Waals surface area contributed by atoms with E-state index in [0.29, 0.717) is 35.9 Å². The number of amides is 2. The molecule has 2 aromatic rings. The molecule has 11 heteroatoms. The van der Waals surface area contributed by atoms with Crippen LogP contribution in [0, 0.1) is 5.92 Å². The lowest BCUT2D eigenvalue weighted by molar-refractivity contribution is -0.126. The SMILES string of the molecule is COc1cccc(N2CC(C(=O)NCCCS(=O)(=O)N3CCc4cc(OC)c(OC)cc4C3)CC2=O)c1. The lowest BCUT2D eigenvalue weighted by Crippen LogP contribution is -2.39. The minimum absolute atomic E-state index is 0.0740. The first-order valence-corrected chi connectivity index (χ1v) is 13.8. The van der Waals surface area contributed by atoms with Crippen molar-refractivity contribution in [2.75, 3.05) is 51.6 Å². The first-order chi connectivity index (χ1) is 17.7. The molecule has 0 spiro atoms. The Bertz CT molecular complexity index is 1260. The number of hydrogen-bond donors (Lipinski definition) is 1. The van der Waals surface area contributed by atoms with Crippen molar-refractivity contribution in [2.45, 2.75) is 25.8 Å². The molecule has 0 aromatic heterocycles. The molecular formula is C26H33N3O7S. The van der Waals surface area contributed by atoms with Crippen LogP contribution in [0.4, 0.5) is 5.69 Å². The second-order valence-corrected chi connectivity index (χ2v) is 11.2. The average Bonchev–Trinajstić information content (AvgIpc) is 3.31. The molecule has 1 saturated heterocycles. The number of carbonyl (C=O) groups excluding carboxylic acids is 2. The highest BCUT2D eigenvalue weighted by Gasteiger charge is 2.35. The Balaban J connectivity index is 1.27. The molecule has 4 rings (SSSR count). The molecule has 2 aliphatic heterocycles. The first-order valence-electron chi connectivity index (χ1n) is 12.2. The monoisotopic (exact) mass is 531 g/mol. The fourth-order valence-corrected chi connectivity index (χ4v) is 6.22. The van der Waals surface area contributed by atoms with E-state index in [0.717, 1.165) is 11.1 Å². The molecule has 1 N–H and O–H groups in total. The number of rotatable bonds is 10. The Hall–Kier alpha value is -3.31. The Morgan fingerprint density at radius 2 is 1.78 bits per heavy atom. The number of benzene rings is 2. The number of nitrogens with one attached hydrogen (secondary N) is 1. The van der Waals surface area contributed by atoms with E-state index in [-0.39, 0.29) is 50.0 Å². The largest absolute Gasteiger partial charge is 0.497 e. The van der Waals surface area contributed by atoms with E-state index in [9.17, 15) is 18.0 Å². The van der Waals surface area contributed by atoms with Crippen molar-refractivity contribution < 1.29 is 32.2 Å². The number of anilines is 1. The minimum atomic E-state index is -3.50. The van der Waals surface area contributed by atoms with Crippen LogP contribution in [0.25, 0.3) is 0 Å². The molecule has 200 valence electrons. The van der Waals surface area contributed by atoms with Gasteiger partial charge in [-0.25, -0.2) is 8.42 Å². The van der Waals surface area contributed by atoms with Crippen molar-refractivity contribution in [3.05, 3.63) is 47.5 Å². The van der Waals surface area contributed by atoms with Gasteiger partial charge in [-0.3, -0.25) is 9.59 Å². The van der Waals surface area contributed by atoms with E-state index >= 15 is 0 Å². The van der Waals surface area contributed by atoms with Crippen LogP contribution in [0.15, 0.2) is 36.4 Å². The van der Waals surface area contributed by atoms with Crippen molar-refractivity contribution in [3.8, 4) is 17.2 Å². The zero-order chi connectivity index (χ0) is 26.6. The normalized spacial score (nSPS) is 17.9. The molecule has 2 aromatic carbocycles. The fourth-order valence-electron chi connectivity index (χ4n) is 4.75. The third-order valence-electron chi connectivity index (χ3n) is 6.82. The van der Waals surface area contributed by atoms with Crippen LogP contribution in [0.1, 0.15) is 24.0 Å². The Morgan fingerprint density at radius 3 is 2.49 bits per heavy atom. The smallest absolute Gasteiger partial charge is 0.227 e.